The monoisotopic (exact) mass is 534 g/mol. The molecule has 4 rings (SSSR count). The number of hydrogen-bond donors (Lipinski definition) is 2. The Morgan fingerprint density at radius 2 is 1.89 bits per heavy atom. The summed E-state index contributed by atoms with van der Waals surface area (Å²) >= 11 is 13.1. The van der Waals surface area contributed by atoms with Crippen molar-refractivity contribution in [2.45, 2.75) is 19.4 Å². The summed E-state index contributed by atoms with van der Waals surface area (Å²) < 4.78 is 18.5. The SMILES string of the molecule is CCOCC(C)(NC(=O)c1cc2c(Cl)c(Cl)c(OCC3COC3)cc2n1C)c1ccc(C(=O)O)cc1. The van der Waals surface area contributed by atoms with E-state index in [1.165, 1.54) is 12.1 Å². The van der Waals surface area contributed by atoms with Crippen LogP contribution in [-0.2, 0) is 22.1 Å². The number of carboxylic acids is 1. The van der Waals surface area contributed by atoms with E-state index >= 15 is 0 Å². The second kappa shape index (κ2) is 10.7. The van der Waals surface area contributed by atoms with E-state index in [9.17, 15) is 14.7 Å². The first-order chi connectivity index (χ1) is 17.1. The van der Waals surface area contributed by atoms with Gasteiger partial charge in [-0.3, -0.25) is 4.79 Å². The van der Waals surface area contributed by atoms with Crippen molar-refractivity contribution in [1.29, 1.82) is 0 Å². The highest BCUT2D eigenvalue weighted by Crippen LogP contribution is 2.40. The van der Waals surface area contributed by atoms with E-state index in [4.69, 9.17) is 37.4 Å². The van der Waals surface area contributed by atoms with Gasteiger partial charge in [-0.05, 0) is 37.6 Å². The first kappa shape index (κ1) is 26.3. The fraction of sp³-hybridized carbons (Fsp3) is 0.385. The summed E-state index contributed by atoms with van der Waals surface area (Å²) in [7, 11) is 1.77. The normalized spacial score (nSPS) is 15.4. The summed E-state index contributed by atoms with van der Waals surface area (Å²) in [5.74, 6) is -0.598. The van der Waals surface area contributed by atoms with Crippen LogP contribution in [0.15, 0.2) is 36.4 Å². The number of benzene rings is 2. The van der Waals surface area contributed by atoms with Gasteiger partial charge in [0.2, 0.25) is 0 Å². The van der Waals surface area contributed by atoms with E-state index in [0.29, 0.717) is 70.3 Å². The molecule has 192 valence electrons. The first-order valence-electron chi connectivity index (χ1n) is 11.6. The van der Waals surface area contributed by atoms with E-state index in [1.54, 1.807) is 35.9 Å². The van der Waals surface area contributed by atoms with Gasteiger partial charge in [0, 0.05) is 31.0 Å². The molecule has 3 aromatic rings. The number of fused-ring (bicyclic) bond motifs is 1. The van der Waals surface area contributed by atoms with Gasteiger partial charge in [-0.25, -0.2) is 4.79 Å². The van der Waals surface area contributed by atoms with Gasteiger partial charge in [0.15, 0.2) is 0 Å². The zero-order chi connectivity index (χ0) is 26.0. The molecule has 1 amide bonds. The summed E-state index contributed by atoms with van der Waals surface area (Å²) in [5.41, 5.74) is 1.03. The van der Waals surface area contributed by atoms with Crippen molar-refractivity contribution in [1.82, 2.24) is 9.88 Å². The molecular weight excluding hydrogens is 507 g/mol. The second-order valence-corrected chi connectivity index (χ2v) is 9.80. The van der Waals surface area contributed by atoms with Crippen LogP contribution < -0.4 is 10.1 Å². The average Bonchev–Trinajstić information content (AvgIpc) is 3.16. The van der Waals surface area contributed by atoms with Crippen molar-refractivity contribution in [2.75, 3.05) is 33.0 Å². The highest BCUT2D eigenvalue weighted by atomic mass is 35.5. The zero-order valence-corrected chi connectivity index (χ0v) is 21.8. The minimum atomic E-state index is -1.02. The Kier molecular flexibility index (Phi) is 7.80. The topological polar surface area (TPSA) is 99.0 Å². The van der Waals surface area contributed by atoms with Crippen LogP contribution in [0.25, 0.3) is 10.9 Å². The maximum atomic E-state index is 13.5. The van der Waals surface area contributed by atoms with Crippen molar-refractivity contribution >= 4 is 46.0 Å². The summed E-state index contributed by atoms with van der Waals surface area (Å²) in [6, 6.07) is 9.84. The fourth-order valence-corrected chi connectivity index (χ4v) is 4.54. The minimum absolute atomic E-state index is 0.159. The molecule has 1 aliphatic rings. The molecule has 0 saturated carbocycles. The Labute approximate surface area is 219 Å². The van der Waals surface area contributed by atoms with E-state index < -0.39 is 11.5 Å². The van der Waals surface area contributed by atoms with Crippen molar-refractivity contribution in [2.24, 2.45) is 13.0 Å². The molecule has 0 spiro atoms. The van der Waals surface area contributed by atoms with Crippen molar-refractivity contribution in [3.63, 3.8) is 0 Å². The minimum Gasteiger partial charge on any atom is -0.491 e. The fourth-order valence-electron chi connectivity index (χ4n) is 4.09. The van der Waals surface area contributed by atoms with E-state index in [1.807, 2.05) is 13.8 Å². The summed E-state index contributed by atoms with van der Waals surface area (Å²) in [4.78, 5) is 24.8. The number of carbonyl (C=O) groups excluding carboxylic acids is 1. The maximum Gasteiger partial charge on any atom is 0.335 e. The number of aromatic carboxylic acids is 1. The molecule has 1 aliphatic heterocycles. The molecule has 1 aromatic heterocycles. The first-order valence-corrected chi connectivity index (χ1v) is 12.3. The lowest BCUT2D eigenvalue weighted by Crippen LogP contribution is -2.47. The van der Waals surface area contributed by atoms with Crippen LogP contribution in [0.3, 0.4) is 0 Å². The zero-order valence-electron chi connectivity index (χ0n) is 20.3. The van der Waals surface area contributed by atoms with Gasteiger partial charge >= 0.3 is 5.97 Å². The molecular formula is C26H28Cl2N2O6. The lowest BCUT2D eigenvalue weighted by Gasteiger charge is -2.31. The van der Waals surface area contributed by atoms with Crippen molar-refractivity contribution in [3.05, 3.63) is 63.3 Å². The standard InChI is InChI=1S/C26H28Cl2N2O6/c1-4-34-14-26(2,17-7-5-16(6-8-17)25(32)33)29-24(31)20-9-18-19(30(20)3)10-21(23(28)22(18)27)36-13-15-11-35-12-15/h5-10,15H,4,11-14H2,1-3H3,(H,29,31)(H,32,33). The molecule has 36 heavy (non-hydrogen) atoms. The number of carboxylic acid groups (broad SMARTS) is 1. The molecule has 10 heteroatoms. The molecule has 0 aliphatic carbocycles. The summed E-state index contributed by atoms with van der Waals surface area (Å²) in [6.45, 7) is 6.12. The molecule has 2 aromatic carbocycles. The van der Waals surface area contributed by atoms with Gasteiger partial charge < -0.3 is 29.2 Å². The number of hydrogen-bond acceptors (Lipinski definition) is 5. The number of aryl methyl sites for hydroxylation is 1. The Balaban J connectivity index is 1.64. The third-order valence-corrected chi connectivity index (χ3v) is 7.23. The van der Waals surface area contributed by atoms with Crippen LogP contribution in [-0.4, -0.2) is 54.6 Å². The number of nitrogens with zero attached hydrogens (tertiary/aromatic N) is 1. The van der Waals surface area contributed by atoms with Crippen molar-refractivity contribution < 1.29 is 28.9 Å². The number of aromatic nitrogens is 1. The Hall–Kier alpha value is -2.78. The number of amides is 1. The molecule has 1 fully saturated rings. The highest BCUT2D eigenvalue weighted by Gasteiger charge is 2.31. The highest BCUT2D eigenvalue weighted by molar-refractivity contribution is 6.46. The van der Waals surface area contributed by atoms with E-state index in [0.717, 1.165) is 0 Å². The quantitative estimate of drug-likeness (QED) is 0.384. The van der Waals surface area contributed by atoms with E-state index in [-0.39, 0.29) is 18.1 Å². The molecule has 1 unspecified atom stereocenters. The van der Waals surface area contributed by atoms with Gasteiger partial charge in [-0.15, -0.1) is 0 Å². The summed E-state index contributed by atoms with van der Waals surface area (Å²) in [5, 5.41) is 13.5. The van der Waals surface area contributed by atoms with Crippen LogP contribution in [0.2, 0.25) is 10.0 Å². The van der Waals surface area contributed by atoms with E-state index in [2.05, 4.69) is 5.32 Å². The van der Waals surface area contributed by atoms with Crippen LogP contribution in [0.4, 0.5) is 0 Å². The van der Waals surface area contributed by atoms with Crippen LogP contribution in [0, 0.1) is 5.92 Å². The summed E-state index contributed by atoms with van der Waals surface area (Å²) in [6.07, 6.45) is 0. The second-order valence-electron chi connectivity index (χ2n) is 9.04. The van der Waals surface area contributed by atoms with Gasteiger partial charge in [0.1, 0.15) is 16.5 Å². The Bertz CT molecular complexity index is 1290. The molecule has 1 saturated heterocycles. The molecule has 0 bridgehead atoms. The van der Waals surface area contributed by atoms with Crippen LogP contribution >= 0.6 is 23.2 Å². The molecule has 1 atom stereocenters. The van der Waals surface area contributed by atoms with Gasteiger partial charge in [-0.1, -0.05) is 35.3 Å². The molecule has 8 nitrogen and oxygen atoms in total. The predicted octanol–water partition coefficient (Wildman–Crippen LogP) is 4.89. The lowest BCUT2D eigenvalue weighted by atomic mass is 9.91. The van der Waals surface area contributed by atoms with Crippen molar-refractivity contribution in [3.8, 4) is 5.75 Å². The predicted molar refractivity (Wildman–Crippen MR) is 137 cm³/mol. The van der Waals surface area contributed by atoms with Crippen LogP contribution in [0.1, 0.15) is 40.3 Å². The molecule has 0 radical (unpaired) electrons. The van der Waals surface area contributed by atoms with Gasteiger partial charge in [-0.2, -0.15) is 0 Å². The largest absolute Gasteiger partial charge is 0.491 e. The van der Waals surface area contributed by atoms with Gasteiger partial charge in [0.05, 0.1) is 48.1 Å². The third kappa shape index (κ3) is 5.18. The smallest absolute Gasteiger partial charge is 0.335 e. The molecule has 2 N–H and O–H groups in total. The number of carbonyl (C=O) groups is 2. The Morgan fingerprint density at radius 1 is 1.19 bits per heavy atom. The third-order valence-electron chi connectivity index (χ3n) is 6.36. The number of halogens is 2. The average molecular weight is 535 g/mol. The van der Waals surface area contributed by atoms with Gasteiger partial charge in [0.25, 0.3) is 5.91 Å². The number of nitrogens with one attached hydrogen (secondary N) is 1. The maximum absolute atomic E-state index is 13.5. The number of rotatable bonds is 10. The molecule has 2 heterocycles. The Morgan fingerprint density at radius 3 is 2.47 bits per heavy atom. The number of ether oxygens (including phenoxy) is 3. The lowest BCUT2D eigenvalue weighted by molar-refractivity contribution is -0.0508. The van der Waals surface area contributed by atoms with Crippen LogP contribution in [0.5, 0.6) is 5.75 Å².